The maximum atomic E-state index is 17.4. The lowest BCUT2D eigenvalue weighted by Gasteiger charge is -2.42. The summed E-state index contributed by atoms with van der Waals surface area (Å²) in [7, 11) is 3.06. The molecule has 16 heteroatoms. The van der Waals surface area contributed by atoms with E-state index in [1.165, 1.54) is 19.4 Å². The molecule has 4 fully saturated rings. The fourth-order valence-electron chi connectivity index (χ4n) is 8.59. The number of carbonyl (C=O) groups is 1. The lowest BCUT2D eigenvalue weighted by Crippen LogP contribution is -2.57. The van der Waals surface area contributed by atoms with Crippen LogP contribution in [0.25, 0.3) is 32.9 Å². The number of nitrogens with zero attached hydrogens (tertiary/aromatic N) is 7. The average Bonchev–Trinajstić information content (AvgIpc) is 3.92. The van der Waals surface area contributed by atoms with E-state index in [2.05, 4.69) is 31.2 Å². The minimum absolute atomic E-state index is 0.0107. The molecule has 0 N–H and O–H groups in total. The van der Waals surface area contributed by atoms with Crippen LogP contribution in [-0.4, -0.2) is 115 Å². The van der Waals surface area contributed by atoms with Crippen LogP contribution in [-0.2, 0) is 14.3 Å². The van der Waals surface area contributed by atoms with Gasteiger partial charge in [0.2, 0.25) is 0 Å². The predicted octanol–water partition coefficient (Wildman–Crippen LogP) is 7.50. The first-order chi connectivity index (χ1) is 28.4. The molecule has 0 spiro atoms. The SMILES string of the molecule is COCOc1cc(-c2ncc3c(N4CC5CCC(C4)N5C(=O)OC(C)(C)C)nc(OCC4(CN5CCC(=NOC)CC5)CC4)nc3c2F)c2c(C#CCl)c(F)ccc2c1. The van der Waals surface area contributed by atoms with Gasteiger partial charge in [0.25, 0.3) is 0 Å². The minimum Gasteiger partial charge on any atom is -0.468 e. The second-order valence-electron chi connectivity index (χ2n) is 16.9. The molecular weight excluding hydrogens is 784 g/mol. The number of hydrogen-bond acceptors (Lipinski definition) is 12. The summed E-state index contributed by atoms with van der Waals surface area (Å²) in [6.45, 7) is 9.36. The van der Waals surface area contributed by atoms with Crippen molar-refractivity contribution in [1.82, 2.24) is 24.8 Å². The lowest BCUT2D eigenvalue weighted by molar-refractivity contribution is 0.0122. The Morgan fingerprint density at radius 1 is 1.05 bits per heavy atom. The zero-order chi connectivity index (χ0) is 41.5. The molecule has 5 heterocycles. The van der Waals surface area contributed by atoms with E-state index in [4.69, 9.17) is 45.4 Å². The number of anilines is 1. The fourth-order valence-corrected chi connectivity index (χ4v) is 8.68. The van der Waals surface area contributed by atoms with Gasteiger partial charge in [-0.05, 0) is 87.6 Å². The first-order valence-corrected chi connectivity index (χ1v) is 20.3. The van der Waals surface area contributed by atoms with E-state index < -0.39 is 17.2 Å². The summed E-state index contributed by atoms with van der Waals surface area (Å²) in [6.07, 6.45) is 6.45. The Morgan fingerprint density at radius 3 is 2.46 bits per heavy atom. The zero-order valence-corrected chi connectivity index (χ0v) is 34.7. The van der Waals surface area contributed by atoms with Crippen molar-refractivity contribution >= 4 is 50.9 Å². The molecule has 59 heavy (non-hydrogen) atoms. The van der Waals surface area contributed by atoms with Crippen molar-refractivity contribution in [1.29, 1.82) is 0 Å². The van der Waals surface area contributed by atoms with Gasteiger partial charge in [-0.15, -0.1) is 0 Å². The van der Waals surface area contributed by atoms with Crippen LogP contribution < -0.4 is 14.4 Å². The molecule has 4 aliphatic rings. The highest BCUT2D eigenvalue weighted by Crippen LogP contribution is 2.47. The quantitative estimate of drug-likeness (QED) is 0.0849. The molecule has 1 aliphatic carbocycles. The van der Waals surface area contributed by atoms with E-state index in [9.17, 15) is 4.79 Å². The number of halogens is 3. The summed E-state index contributed by atoms with van der Waals surface area (Å²) in [5, 5.41) is 7.62. The topological polar surface area (TPSA) is 124 Å². The Morgan fingerprint density at radius 2 is 1.80 bits per heavy atom. The van der Waals surface area contributed by atoms with Gasteiger partial charge in [-0.2, -0.15) is 9.97 Å². The molecule has 13 nitrogen and oxygen atoms in total. The smallest absolute Gasteiger partial charge is 0.410 e. The van der Waals surface area contributed by atoms with Crippen LogP contribution in [0.4, 0.5) is 19.4 Å². The third-order valence-corrected chi connectivity index (χ3v) is 11.6. The summed E-state index contributed by atoms with van der Waals surface area (Å²) in [5.41, 5.74) is 0.448. The van der Waals surface area contributed by atoms with Gasteiger partial charge in [-0.25, -0.2) is 13.6 Å². The number of hydrogen-bond donors (Lipinski definition) is 0. The van der Waals surface area contributed by atoms with E-state index in [0.717, 1.165) is 63.9 Å². The molecule has 1 saturated carbocycles. The van der Waals surface area contributed by atoms with Crippen LogP contribution in [0.15, 0.2) is 35.6 Å². The molecule has 0 radical (unpaired) electrons. The Hall–Kier alpha value is -5.04. The molecule has 2 bridgehead atoms. The van der Waals surface area contributed by atoms with E-state index in [0.29, 0.717) is 47.4 Å². The average molecular weight is 832 g/mol. The Labute approximate surface area is 346 Å². The van der Waals surface area contributed by atoms with Crippen LogP contribution in [0.2, 0.25) is 0 Å². The van der Waals surface area contributed by atoms with E-state index in [1.54, 1.807) is 25.3 Å². The summed E-state index contributed by atoms with van der Waals surface area (Å²) in [5.74, 6) is 2.07. The molecule has 3 saturated heterocycles. The van der Waals surface area contributed by atoms with Gasteiger partial charge >= 0.3 is 12.1 Å². The second kappa shape index (κ2) is 16.5. The summed E-state index contributed by atoms with van der Waals surface area (Å²) in [4.78, 5) is 39.0. The number of piperazine rings is 1. The van der Waals surface area contributed by atoms with Crippen molar-refractivity contribution < 1.29 is 37.4 Å². The molecule has 2 atom stereocenters. The molecule has 3 aliphatic heterocycles. The van der Waals surface area contributed by atoms with E-state index >= 15 is 8.78 Å². The number of carbonyl (C=O) groups excluding carboxylic acids is 1. The first-order valence-electron chi connectivity index (χ1n) is 20.0. The van der Waals surface area contributed by atoms with Gasteiger partial charge in [0.05, 0.1) is 35.4 Å². The molecule has 2 aromatic heterocycles. The highest BCUT2D eigenvalue weighted by Gasteiger charge is 2.47. The van der Waals surface area contributed by atoms with Gasteiger partial charge in [-0.3, -0.25) is 9.88 Å². The molecule has 8 rings (SSSR count). The van der Waals surface area contributed by atoms with Crippen molar-refractivity contribution in [3.8, 4) is 34.3 Å². The van der Waals surface area contributed by atoms with Gasteiger partial charge in [0.15, 0.2) is 12.6 Å². The predicted molar refractivity (Wildman–Crippen MR) is 220 cm³/mol. The molecule has 312 valence electrons. The maximum Gasteiger partial charge on any atom is 0.410 e. The lowest BCUT2D eigenvalue weighted by atomic mass is 9.95. The van der Waals surface area contributed by atoms with Crippen molar-refractivity contribution in [2.45, 2.75) is 77.0 Å². The number of fused-ring (bicyclic) bond motifs is 4. The number of pyridine rings is 1. The fraction of sp³-hybridized carbons (Fsp3) is 0.512. The minimum atomic E-state index is -0.756. The summed E-state index contributed by atoms with van der Waals surface area (Å²) >= 11 is 5.81. The number of oxime groups is 1. The number of likely N-dealkylation sites (tertiary alicyclic amines) is 1. The number of methoxy groups -OCH3 is 1. The summed E-state index contributed by atoms with van der Waals surface area (Å²) in [6, 6.07) is 5.86. The third kappa shape index (κ3) is 8.53. The van der Waals surface area contributed by atoms with Gasteiger partial charge in [-0.1, -0.05) is 11.2 Å². The molecule has 4 aromatic rings. The van der Waals surface area contributed by atoms with Crippen molar-refractivity contribution in [3.05, 3.63) is 47.7 Å². The maximum absolute atomic E-state index is 17.4. The van der Waals surface area contributed by atoms with E-state index in [-0.39, 0.29) is 58.7 Å². The number of amides is 1. The normalized spacial score (nSPS) is 20.0. The second-order valence-corrected chi connectivity index (χ2v) is 17.0. The van der Waals surface area contributed by atoms with Crippen LogP contribution >= 0.6 is 11.6 Å². The molecule has 2 aromatic carbocycles. The van der Waals surface area contributed by atoms with Crippen molar-refractivity contribution in [2.24, 2.45) is 10.6 Å². The Bertz CT molecular complexity index is 2340. The van der Waals surface area contributed by atoms with Gasteiger partial charge in [0.1, 0.15) is 41.3 Å². The molecule has 1 amide bonds. The Kier molecular flexibility index (Phi) is 11.4. The van der Waals surface area contributed by atoms with Gasteiger partial charge < -0.3 is 33.6 Å². The van der Waals surface area contributed by atoms with Gasteiger partial charge in [0, 0.05) is 80.6 Å². The van der Waals surface area contributed by atoms with Crippen molar-refractivity contribution in [3.63, 3.8) is 0 Å². The van der Waals surface area contributed by atoms with Crippen LogP contribution in [0, 0.1) is 28.3 Å². The highest BCUT2D eigenvalue weighted by atomic mass is 35.5. The standard InChI is InChI=1S/C43H48ClF2N7O6/c1-42(2,3)59-41(54)53-28-7-8-29(53)22-52(21-28)39-33-20-47-37(32-19-30(58-25-55-4)18-26-6-9-34(45)31(10-15-44)35(26)32)36(46)38(33)48-40(49-39)57-24-43(13-14-43)23-51-16-11-27(12-17-51)50-56-5/h6,9,18-20,28-29H,7-8,11-14,16-17,21-25H2,1-5H3. The highest BCUT2D eigenvalue weighted by molar-refractivity contribution is 6.30. The largest absolute Gasteiger partial charge is 0.468 e. The van der Waals surface area contributed by atoms with Crippen molar-refractivity contribution in [2.75, 3.05) is 65.2 Å². The van der Waals surface area contributed by atoms with Crippen LogP contribution in [0.5, 0.6) is 11.8 Å². The number of piperidine rings is 1. The summed E-state index contributed by atoms with van der Waals surface area (Å²) < 4.78 is 56.0. The van der Waals surface area contributed by atoms with Crippen LogP contribution in [0.1, 0.15) is 64.9 Å². The number of ether oxygens (including phenoxy) is 4. The van der Waals surface area contributed by atoms with E-state index in [1.807, 2.05) is 25.7 Å². The van der Waals surface area contributed by atoms with Crippen LogP contribution in [0.3, 0.4) is 0 Å². The number of aromatic nitrogens is 3. The number of rotatable bonds is 11. The number of benzene rings is 2. The molecule has 2 unspecified atom stereocenters. The third-order valence-electron chi connectivity index (χ3n) is 11.5. The first kappa shape index (κ1) is 40.7. The Balaban J connectivity index is 1.18. The molecular formula is C43H48ClF2N7O6. The monoisotopic (exact) mass is 831 g/mol. The zero-order valence-electron chi connectivity index (χ0n) is 33.9.